The average molecular weight is 467 g/mol. The van der Waals surface area contributed by atoms with Gasteiger partial charge in [0.15, 0.2) is 0 Å². The summed E-state index contributed by atoms with van der Waals surface area (Å²) < 4.78 is 26.5. The van der Waals surface area contributed by atoms with Crippen molar-refractivity contribution in [2.75, 3.05) is 32.0 Å². The molecule has 0 aliphatic carbocycles. The molecule has 1 heterocycles. The van der Waals surface area contributed by atoms with Crippen LogP contribution in [0.2, 0.25) is 0 Å². The van der Waals surface area contributed by atoms with Crippen LogP contribution in [0.5, 0.6) is 0 Å². The highest BCUT2D eigenvalue weighted by Crippen LogP contribution is 2.19. The molecule has 0 spiro atoms. The Kier molecular flexibility index (Phi) is 9.21. The van der Waals surface area contributed by atoms with Crippen molar-refractivity contribution in [2.45, 2.75) is 57.4 Å². The minimum absolute atomic E-state index is 0.0372. The van der Waals surface area contributed by atoms with E-state index in [4.69, 9.17) is 0 Å². The van der Waals surface area contributed by atoms with Gasteiger partial charge in [-0.1, -0.05) is 13.8 Å². The van der Waals surface area contributed by atoms with Crippen molar-refractivity contribution >= 4 is 33.4 Å². The number of rotatable bonds is 9. The van der Waals surface area contributed by atoms with Gasteiger partial charge in [-0.25, -0.2) is 8.42 Å². The molecule has 10 heteroatoms. The quantitative estimate of drug-likeness (QED) is 0.576. The molecule has 0 atom stereocenters. The van der Waals surface area contributed by atoms with Gasteiger partial charge in [0.05, 0.1) is 11.4 Å². The van der Waals surface area contributed by atoms with Crippen molar-refractivity contribution in [2.24, 2.45) is 5.92 Å². The highest BCUT2D eigenvalue weighted by Gasteiger charge is 2.28. The number of benzene rings is 1. The molecule has 0 radical (unpaired) electrons. The van der Waals surface area contributed by atoms with Gasteiger partial charge < -0.3 is 15.5 Å². The third-order valence-electron chi connectivity index (χ3n) is 5.76. The van der Waals surface area contributed by atoms with Gasteiger partial charge in [-0.15, -0.1) is 0 Å². The Balaban J connectivity index is 1.87. The number of likely N-dealkylation sites (N-methyl/N-ethyl adjacent to an activating group) is 1. The molecule has 0 bridgehead atoms. The lowest BCUT2D eigenvalue weighted by Crippen LogP contribution is -2.49. The van der Waals surface area contributed by atoms with Crippen LogP contribution in [0.25, 0.3) is 0 Å². The molecular formula is C22H34N4O5S. The second-order valence-electron chi connectivity index (χ2n) is 8.15. The molecule has 1 aromatic rings. The number of amides is 3. The number of carbonyl (C=O) groups is 3. The fourth-order valence-electron chi connectivity index (χ4n) is 3.79. The lowest BCUT2D eigenvalue weighted by molar-refractivity contribution is -0.137. The first-order valence-corrected chi connectivity index (χ1v) is 12.4. The molecule has 1 aliphatic heterocycles. The van der Waals surface area contributed by atoms with E-state index in [1.807, 2.05) is 18.7 Å². The maximum absolute atomic E-state index is 12.7. The van der Waals surface area contributed by atoms with Crippen LogP contribution < -0.4 is 10.6 Å². The smallest absolute Gasteiger partial charge is 0.243 e. The highest BCUT2D eigenvalue weighted by molar-refractivity contribution is 7.89. The predicted octanol–water partition coefficient (Wildman–Crippen LogP) is 1.81. The van der Waals surface area contributed by atoms with E-state index < -0.39 is 10.0 Å². The first-order chi connectivity index (χ1) is 15.1. The molecule has 0 aromatic heterocycles. The summed E-state index contributed by atoms with van der Waals surface area (Å²) in [5.41, 5.74) is 0.492. The van der Waals surface area contributed by atoms with Gasteiger partial charge in [-0.2, -0.15) is 4.31 Å². The van der Waals surface area contributed by atoms with Crippen LogP contribution in [-0.4, -0.2) is 68.1 Å². The fourth-order valence-corrected chi connectivity index (χ4v) is 4.92. The molecule has 2 rings (SSSR count). The third kappa shape index (κ3) is 6.77. The lowest BCUT2D eigenvalue weighted by Gasteiger charge is -2.34. The van der Waals surface area contributed by atoms with Crippen molar-refractivity contribution in [3.63, 3.8) is 0 Å². The zero-order chi connectivity index (χ0) is 23.9. The number of sulfonamides is 1. The molecule has 2 N–H and O–H groups in total. The summed E-state index contributed by atoms with van der Waals surface area (Å²) in [6.07, 6.45) is 2.95. The van der Waals surface area contributed by atoms with Gasteiger partial charge in [0.1, 0.15) is 0 Å². The normalized spacial score (nSPS) is 15.1. The molecule has 1 fully saturated rings. The SMILES string of the molecule is CCC(CC)C(=O)N1CCC(NC(=O)CN(C)S(=O)(=O)c2ccc(NC(C)=O)cc2)CC1. The molecule has 1 aliphatic rings. The van der Waals surface area contributed by atoms with Crippen molar-refractivity contribution in [1.82, 2.24) is 14.5 Å². The molecule has 9 nitrogen and oxygen atoms in total. The van der Waals surface area contributed by atoms with Crippen molar-refractivity contribution < 1.29 is 22.8 Å². The third-order valence-corrected chi connectivity index (χ3v) is 7.57. The predicted molar refractivity (Wildman–Crippen MR) is 122 cm³/mol. The van der Waals surface area contributed by atoms with Gasteiger partial charge in [-0.3, -0.25) is 14.4 Å². The van der Waals surface area contributed by atoms with Crippen LogP contribution in [0.15, 0.2) is 29.2 Å². The standard InChI is InChI=1S/C22H34N4O5S/c1-5-17(6-2)22(29)26-13-11-19(12-14-26)24-21(28)15-25(4)32(30,31)20-9-7-18(8-10-20)23-16(3)27/h7-10,17,19H,5-6,11-15H2,1-4H3,(H,23,27)(H,24,28). The second kappa shape index (κ2) is 11.4. The maximum Gasteiger partial charge on any atom is 0.243 e. The van der Waals surface area contributed by atoms with Crippen LogP contribution in [-0.2, 0) is 24.4 Å². The van der Waals surface area contributed by atoms with E-state index in [-0.39, 0.29) is 41.1 Å². The molecule has 178 valence electrons. The largest absolute Gasteiger partial charge is 0.352 e. The van der Waals surface area contributed by atoms with Crippen LogP contribution >= 0.6 is 0 Å². The van der Waals surface area contributed by atoms with Gasteiger partial charge in [0, 0.05) is 44.7 Å². The molecule has 0 saturated carbocycles. The number of likely N-dealkylation sites (tertiary alicyclic amines) is 1. The van der Waals surface area contributed by atoms with Gasteiger partial charge in [0.2, 0.25) is 27.7 Å². The minimum atomic E-state index is -3.85. The number of hydrogen-bond acceptors (Lipinski definition) is 5. The van der Waals surface area contributed by atoms with Crippen LogP contribution in [0.1, 0.15) is 46.5 Å². The summed E-state index contributed by atoms with van der Waals surface area (Å²) in [6, 6.07) is 5.70. The number of nitrogens with one attached hydrogen (secondary N) is 2. The Labute approximate surface area is 190 Å². The van der Waals surface area contributed by atoms with Gasteiger partial charge in [-0.05, 0) is 49.9 Å². The van der Waals surface area contributed by atoms with Gasteiger partial charge >= 0.3 is 0 Å². The lowest BCUT2D eigenvalue weighted by atomic mass is 9.98. The molecule has 0 unspecified atom stereocenters. The maximum atomic E-state index is 12.7. The van der Waals surface area contributed by atoms with E-state index in [0.717, 1.165) is 17.1 Å². The van der Waals surface area contributed by atoms with Crippen molar-refractivity contribution in [3.05, 3.63) is 24.3 Å². The van der Waals surface area contributed by atoms with Crippen LogP contribution in [0, 0.1) is 5.92 Å². The summed E-state index contributed by atoms with van der Waals surface area (Å²) in [5, 5.41) is 5.47. The fraction of sp³-hybridized carbons (Fsp3) is 0.591. The van der Waals surface area contributed by atoms with Crippen molar-refractivity contribution in [3.8, 4) is 0 Å². The van der Waals surface area contributed by atoms with E-state index in [1.165, 1.54) is 38.2 Å². The van der Waals surface area contributed by atoms with E-state index in [2.05, 4.69) is 10.6 Å². The first kappa shape index (κ1) is 25.8. The molecule has 1 aromatic carbocycles. The summed E-state index contributed by atoms with van der Waals surface area (Å²) >= 11 is 0. The number of anilines is 1. The van der Waals surface area contributed by atoms with E-state index >= 15 is 0 Å². The average Bonchev–Trinajstić information content (AvgIpc) is 2.75. The first-order valence-electron chi connectivity index (χ1n) is 11.0. The topological polar surface area (TPSA) is 116 Å². The van der Waals surface area contributed by atoms with E-state index in [0.29, 0.717) is 31.6 Å². The number of carbonyl (C=O) groups excluding carboxylic acids is 3. The summed E-state index contributed by atoms with van der Waals surface area (Å²) in [4.78, 5) is 37.9. The minimum Gasteiger partial charge on any atom is -0.352 e. The second-order valence-corrected chi connectivity index (χ2v) is 10.2. The highest BCUT2D eigenvalue weighted by atomic mass is 32.2. The zero-order valence-electron chi connectivity index (χ0n) is 19.3. The van der Waals surface area contributed by atoms with E-state index in [9.17, 15) is 22.8 Å². The van der Waals surface area contributed by atoms with Crippen molar-refractivity contribution in [1.29, 1.82) is 0 Å². The summed E-state index contributed by atoms with van der Waals surface area (Å²) in [7, 11) is -2.49. The number of hydrogen-bond donors (Lipinski definition) is 2. The Morgan fingerprint density at radius 2 is 1.66 bits per heavy atom. The summed E-state index contributed by atoms with van der Waals surface area (Å²) in [6.45, 7) is 6.28. The Hall–Kier alpha value is -2.46. The zero-order valence-corrected chi connectivity index (χ0v) is 20.1. The Morgan fingerprint density at radius 1 is 1.09 bits per heavy atom. The molecule has 1 saturated heterocycles. The Morgan fingerprint density at radius 3 is 2.16 bits per heavy atom. The molecular weight excluding hydrogens is 432 g/mol. The van der Waals surface area contributed by atoms with Crippen LogP contribution in [0.4, 0.5) is 5.69 Å². The Bertz CT molecular complexity index is 905. The monoisotopic (exact) mass is 466 g/mol. The summed E-state index contributed by atoms with van der Waals surface area (Å²) in [5.74, 6) is -0.404. The number of nitrogens with zero attached hydrogens (tertiary/aromatic N) is 2. The molecule has 3 amide bonds. The van der Waals surface area contributed by atoms with E-state index in [1.54, 1.807) is 0 Å². The van der Waals surface area contributed by atoms with Gasteiger partial charge in [0.25, 0.3) is 0 Å². The van der Waals surface area contributed by atoms with Crippen LogP contribution in [0.3, 0.4) is 0 Å². The number of piperidine rings is 1. The molecule has 32 heavy (non-hydrogen) atoms.